The molecule has 0 bridgehead atoms. The molecule has 0 aliphatic carbocycles. The maximum absolute atomic E-state index is 12.8. The Hall–Kier alpha value is -0.420. The van der Waals surface area contributed by atoms with E-state index >= 15 is 0 Å². The Morgan fingerprint density at radius 1 is 1.46 bits per heavy atom. The van der Waals surface area contributed by atoms with E-state index in [2.05, 4.69) is 9.72 Å². The Labute approximate surface area is 84.1 Å². The van der Waals surface area contributed by atoms with Gasteiger partial charge in [0.15, 0.2) is 11.0 Å². The summed E-state index contributed by atoms with van der Waals surface area (Å²) in [5.41, 5.74) is 0.345. The fraction of sp³-hybridized carbons (Fsp3) is 0.286. The summed E-state index contributed by atoms with van der Waals surface area (Å²) in [6, 6.07) is 1.12. The Kier molecular flexibility index (Phi) is 3.87. The lowest BCUT2D eigenvalue weighted by Gasteiger charge is -2.03. The van der Waals surface area contributed by atoms with E-state index in [0.29, 0.717) is 5.56 Å². The van der Waals surface area contributed by atoms with Gasteiger partial charge >= 0.3 is 0 Å². The van der Waals surface area contributed by atoms with Crippen LogP contribution in [0.15, 0.2) is 6.07 Å². The highest BCUT2D eigenvalue weighted by Gasteiger charge is 2.08. The molecule has 0 unspecified atom stereocenters. The van der Waals surface area contributed by atoms with Crippen LogP contribution >= 0.6 is 23.2 Å². The van der Waals surface area contributed by atoms with Crippen LogP contribution in [0.4, 0.5) is 4.39 Å². The minimum Gasteiger partial charge on any atom is -0.371 e. The van der Waals surface area contributed by atoms with E-state index in [4.69, 9.17) is 28.3 Å². The number of aliphatic hydroxyl groups excluding tert-OH is 1. The predicted molar refractivity (Wildman–Crippen MR) is 46.1 cm³/mol. The predicted octanol–water partition coefficient (Wildman–Crippen LogP) is 1.99. The second-order valence-electron chi connectivity index (χ2n) is 2.19. The summed E-state index contributed by atoms with van der Waals surface area (Å²) in [5, 5.41) is 8.13. The van der Waals surface area contributed by atoms with E-state index in [-0.39, 0.29) is 16.9 Å². The van der Waals surface area contributed by atoms with E-state index in [9.17, 15) is 4.39 Å². The quantitative estimate of drug-likeness (QED) is 0.633. The highest BCUT2D eigenvalue weighted by molar-refractivity contribution is 6.32. The Bertz CT molecular complexity index is 309. The van der Waals surface area contributed by atoms with Gasteiger partial charge in [-0.05, 0) is 6.07 Å². The average molecular weight is 226 g/mol. The molecule has 72 valence electrons. The maximum Gasteiger partial charge on any atom is 0.166 e. The van der Waals surface area contributed by atoms with Crippen LogP contribution in [0.5, 0.6) is 0 Å². The number of hydrogen-bond acceptors (Lipinski definition) is 3. The van der Waals surface area contributed by atoms with E-state index in [1.165, 1.54) is 0 Å². The molecule has 1 heterocycles. The second kappa shape index (κ2) is 4.72. The van der Waals surface area contributed by atoms with Crippen LogP contribution in [0, 0.1) is 5.82 Å². The molecule has 0 amide bonds. The molecular weight excluding hydrogens is 220 g/mol. The first-order valence-electron chi connectivity index (χ1n) is 3.34. The zero-order valence-electron chi connectivity index (χ0n) is 6.43. The molecule has 0 saturated heterocycles. The number of nitrogens with zero attached hydrogens (tertiary/aromatic N) is 1. The molecule has 0 saturated carbocycles. The van der Waals surface area contributed by atoms with Crippen LogP contribution in [-0.2, 0) is 11.3 Å². The van der Waals surface area contributed by atoms with E-state index < -0.39 is 12.6 Å². The van der Waals surface area contributed by atoms with Gasteiger partial charge < -0.3 is 9.84 Å². The van der Waals surface area contributed by atoms with Gasteiger partial charge in [0.1, 0.15) is 11.9 Å². The molecule has 1 aromatic rings. The molecule has 1 aromatic heterocycles. The molecule has 0 aliphatic heterocycles. The first-order valence-corrected chi connectivity index (χ1v) is 4.09. The van der Waals surface area contributed by atoms with Crippen LogP contribution in [-0.4, -0.2) is 16.9 Å². The zero-order valence-corrected chi connectivity index (χ0v) is 7.94. The van der Waals surface area contributed by atoms with Crippen molar-refractivity contribution in [1.29, 1.82) is 0 Å². The number of rotatable bonds is 3. The lowest BCUT2D eigenvalue weighted by atomic mass is 10.3. The highest BCUT2D eigenvalue weighted by Crippen LogP contribution is 2.20. The van der Waals surface area contributed by atoms with Gasteiger partial charge in [-0.15, -0.1) is 0 Å². The van der Waals surface area contributed by atoms with E-state index in [1.54, 1.807) is 0 Å². The lowest BCUT2D eigenvalue weighted by Crippen LogP contribution is -1.97. The Balaban J connectivity index is 2.88. The van der Waals surface area contributed by atoms with E-state index in [0.717, 1.165) is 6.07 Å². The molecule has 13 heavy (non-hydrogen) atoms. The van der Waals surface area contributed by atoms with Gasteiger partial charge in [0.05, 0.1) is 6.61 Å². The molecule has 0 radical (unpaired) electrons. The molecular formula is C7H6Cl2FNO2. The average Bonchev–Trinajstić information content (AvgIpc) is 2.09. The van der Waals surface area contributed by atoms with Crippen molar-refractivity contribution >= 4 is 23.2 Å². The monoisotopic (exact) mass is 225 g/mol. The van der Waals surface area contributed by atoms with Crippen LogP contribution in [0.25, 0.3) is 0 Å². The second-order valence-corrected chi connectivity index (χ2v) is 2.90. The van der Waals surface area contributed by atoms with Crippen molar-refractivity contribution in [2.75, 3.05) is 6.79 Å². The standard InChI is InChI=1S/C7H6Cl2FNO2/c8-6-4(2-13-3-12)1-5(10)7(9)11-6/h1,12H,2-3H2. The van der Waals surface area contributed by atoms with Crippen molar-refractivity contribution in [3.8, 4) is 0 Å². The van der Waals surface area contributed by atoms with Crippen LogP contribution in [0.2, 0.25) is 10.3 Å². The largest absolute Gasteiger partial charge is 0.371 e. The summed E-state index contributed by atoms with van der Waals surface area (Å²) >= 11 is 11.0. The fourth-order valence-corrected chi connectivity index (χ4v) is 1.12. The molecule has 0 atom stereocenters. The Morgan fingerprint density at radius 3 is 2.77 bits per heavy atom. The third-order valence-electron chi connectivity index (χ3n) is 1.31. The number of pyridine rings is 1. The number of aromatic nitrogens is 1. The van der Waals surface area contributed by atoms with Crippen molar-refractivity contribution in [2.45, 2.75) is 6.61 Å². The van der Waals surface area contributed by atoms with Gasteiger partial charge in [-0.25, -0.2) is 9.37 Å². The summed E-state index contributed by atoms with van der Waals surface area (Å²) in [6.07, 6.45) is 0. The Morgan fingerprint density at radius 2 is 2.15 bits per heavy atom. The smallest absolute Gasteiger partial charge is 0.166 e. The van der Waals surface area contributed by atoms with Gasteiger partial charge in [-0.2, -0.15) is 0 Å². The van der Waals surface area contributed by atoms with Crippen molar-refractivity contribution in [3.05, 3.63) is 27.8 Å². The molecule has 0 aliphatic rings. The van der Waals surface area contributed by atoms with Crippen LogP contribution in [0.1, 0.15) is 5.56 Å². The van der Waals surface area contributed by atoms with E-state index in [1.807, 2.05) is 0 Å². The van der Waals surface area contributed by atoms with Gasteiger partial charge in [0.2, 0.25) is 0 Å². The fourth-order valence-electron chi connectivity index (χ4n) is 0.740. The molecule has 3 nitrogen and oxygen atoms in total. The summed E-state index contributed by atoms with van der Waals surface area (Å²) in [6.45, 7) is -0.461. The van der Waals surface area contributed by atoms with Gasteiger partial charge in [0, 0.05) is 5.56 Å². The molecule has 0 spiro atoms. The lowest BCUT2D eigenvalue weighted by molar-refractivity contribution is -0.0113. The van der Waals surface area contributed by atoms with Gasteiger partial charge in [0.25, 0.3) is 0 Å². The number of aliphatic hydroxyl groups is 1. The van der Waals surface area contributed by atoms with Gasteiger partial charge in [-0.3, -0.25) is 0 Å². The van der Waals surface area contributed by atoms with Crippen molar-refractivity contribution in [1.82, 2.24) is 4.98 Å². The van der Waals surface area contributed by atoms with Crippen molar-refractivity contribution < 1.29 is 14.2 Å². The number of halogens is 3. The van der Waals surface area contributed by atoms with Gasteiger partial charge in [-0.1, -0.05) is 23.2 Å². The number of ether oxygens (including phenoxy) is 1. The normalized spacial score (nSPS) is 10.5. The topological polar surface area (TPSA) is 42.4 Å². The molecule has 6 heteroatoms. The minimum atomic E-state index is -0.664. The highest BCUT2D eigenvalue weighted by atomic mass is 35.5. The van der Waals surface area contributed by atoms with Crippen molar-refractivity contribution in [3.63, 3.8) is 0 Å². The molecule has 1 N–H and O–H groups in total. The van der Waals surface area contributed by atoms with Crippen LogP contribution < -0.4 is 0 Å². The molecule has 1 rings (SSSR count). The SMILES string of the molecule is OCOCc1cc(F)c(Cl)nc1Cl. The number of hydrogen-bond donors (Lipinski definition) is 1. The molecule has 0 aromatic carbocycles. The first-order chi connectivity index (χ1) is 6.15. The minimum absolute atomic E-state index is 0.00355. The summed E-state index contributed by atoms with van der Waals surface area (Å²) in [5.74, 6) is -0.664. The zero-order chi connectivity index (χ0) is 9.84. The van der Waals surface area contributed by atoms with Crippen LogP contribution in [0.3, 0.4) is 0 Å². The molecule has 0 fully saturated rings. The van der Waals surface area contributed by atoms with Crippen molar-refractivity contribution in [2.24, 2.45) is 0 Å². The summed E-state index contributed by atoms with van der Waals surface area (Å²) in [4.78, 5) is 3.52. The summed E-state index contributed by atoms with van der Waals surface area (Å²) in [7, 11) is 0. The third kappa shape index (κ3) is 2.77. The first kappa shape index (κ1) is 10.7. The summed E-state index contributed by atoms with van der Waals surface area (Å²) < 4.78 is 17.4. The maximum atomic E-state index is 12.8. The third-order valence-corrected chi connectivity index (χ3v) is 1.90.